The number of fused-ring (bicyclic) bond motifs is 1. The fraction of sp³-hybridized carbons (Fsp3) is 0.0400. The van der Waals surface area contributed by atoms with Crippen molar-refractivity contribution in [2.75, 3.05) is 11.1 Å². The first-order chi connectivity index (χ1) is 18.1. The van der Waals surface area contributed by atoms with Crippen LogP contribution in [0.4, 0.5) is 24.8 Å². The van der Waals surface area contributed by atoms with Crippen LogP contribution in [0.25, 0.3) is 28.2 Å². The van der Waals surface area contributed by atoms with Crippen LogP contribution in [0, 0.1) is 0 Å². The SMILES string of the molecule is Nc1nccn2c(-c3ccc(C(=O)O)nc3)nc(-c3ccc(C(=O)Nc4cc(C(F)(F)F)ccn4)cc3)c12. The maximum Gasteiger partial charge on any atom is 0.416 e. The van der Waals surface area contributed by atoms with E-state index < -0.39 is 23.6 Å². The predicted octanol–water partition coefficient (Wildman–Crippen LogP) is 4.40. The molecule has 0 fully saturated rings. The van der Waals surface area contributed by atoms with Crippen molar-refractivity contribution in [1.29, 1.82) is 0 Å². The zero-order chi connectivity index (χ0) is 27.0. The number of hydrogen-bond acceptors (Lipinski definition) is 7. The molecule has 5 aromatic rings. The van der Waals surface area contributed by atoms with Gasteiger partial charge in [0.1, 0.15) is 34.4 Å². The van der Waals surface area contributed by atoms with Crippen LogP contribution in [0.3, 0.4) is 0 Å². The number of benzene rings is 1. The number of nitrogen functional groups attached to an aromatic ring is 1. The van der Waals surface area contributed by atoms with Crippen LogP contribution < -0.4 is 11.1 Å². The van der Waals surface area contributed by atoms with Gasteiger partial charge in [0.25, 0.3) is 5.91 Å². The second kappa shape index (κ2) is 9.28. The van der Waals surface area contributed by atoms with Crippen LogP contribution >= 0.6 is 0 Å². The Kier molecular flexibility index (Phi) is 5.95. The highest BCUT2D eigenvalue weighted by Crippen LogP contribution is 2.32. The Balaban J connectivity index is 1.47. The molecule has 4 heterocycles. The molecule has 10 nitrogen and oxygen atoms in total. The van der Waals surface area contributed by atoms with Crippen LogP contribution in [0.2, 0.25) is 0 Å². The lowest BCUT2D eigenvalue weighted by atomic mass is 10.1. The van der Waals surface area contributed by atoms with Crippen molar-refractivity contribution in [1.82, 2.24) is 24.3 Å². The summed E-state index contributed by atoms with van der Waals surface area (Å²) in [6, 6.07) is 10.7. The number of hydrogen-bond donors (Lipinski definition) is 3. The van der Waals surface area contributed by atoms with E-state index >= 15 is 0 Å². The third-order valence-corrected chi connectivity index (χ3v) is 5.57. The molecule has 0 aliphatic carbocycles. The number of pyridine rings is 2. The first kappa shape index (κ1) is 24.4. The van der Waals surface area contributed by atoms with Crippen molar-refractivity contribution < 1.29 is 27.9 Å². The number of carbonyl (C=O) groups is 2. The standard InChI is InChI=1S/C25H16F3N7O3/c26-25(27,28)16-7-8-30-18(11-16)33-23(36)14-3-1-13(2-4-14)19-20-21(29)31-9-10-35(20)22(34-19)15-5-6-17(24(37)38)32-12-15/h1-12H,(H2,29,31)(H,37,38)(H,30,33,36). The maximum absolute atomic E-state index is 12.9. The first-order valence-corrected chi connectivity index (χ1v) is 10.9. The average Bonchev–Trinajstić information content (AvgIpc) is 3.29. The Hall–Kier alpha value is -5.33. The van der Waals surface area contributed by atoms with Crippen LogP contribution in [-0.4, -0.2) is 41.3 Å². The van der Waals surface area contributed by atoms with Crippen molar-refractivity contribution in [3.05, 3.63) is 90.1 Å². The lowest BCUT2D eigenvalue weighted by molar-refractivity contribution is -0.137. The van der Waals surface area contributed by atoms with Gasteiger partial charge in [0.15, 0.2) is 0 Å². The topological polar surface area (TPSA) is 148 Å². The van der Waals surface area contributed by atoms with Gasteiger partial charge in [0, 0.05) is 41.5 Å². The molecule has 0 radical (unpaired) electrons. The summed E-state index contributed by atoms with van der Waals surface area (Å²) in [5.74, 6) is -1.42. The molecule has 0 aliphatic heterocycles. The smallest absolute Gasteiger partial charge is 0.416 e. The highest BCUT2D eigenvalue weighted by atomic mass is 19.4. The summed E-state index contributed by atoms with van der Waals surface area (Å²) >= 11 is 0. The summed E-state index contributed by atoms with van der Waals surface area (Å²) in [4.78, 5) is 40.3. The van der Waals surface area contributed by atoms with E-state index in [1.165, 1.54) is 30.6 Å². The number of nitrogens with one attached hydrogen (secondary N) is 1. The molecule has 38 heavy (non-hydrogen) atoms. The minimum atomic E-state index is -4.57. The quantitative estimate of drug-likeness (QED) is 0.309. The Bertz CT molecular complexity index is 1680. The molecule has 190 valence electrons. The van der Waals surface area contributed by atoms with Gasteiger partial charge in [0.2, 0.25) is 0 Å². The van der Waals surface area contributed by atoms with Crippen LogP contribution in [0.1, 0.15) is 26.4 Å². The number of aromatic nitrogens is 5. The van der Waals surface area contributed by atoms with Gasteiger partial charge < -0.3 is 16.2 Å². The molecule has 1 aromatic carbocycles. The number of carboxylic acids is 1. The summed E-state index contributed by atoms with van der Waals surface area (Å²) < 4.78 is 40.5. The van der Waals surface area contributed by atoms with E-state index in [-0.39, 0.29) is 22.9 Å². The van der Waals surface area contributed by atoms with Crippen molar-refractivity contribution in [3.63, 3.8) is 0 Å². The van der Waals surface area contributed by atoms with Crippen LogP contribution in [0.15, 0.2) is 73.3 Å². The number of nitrogens with two attached hydrogens (primary N) is 1. The molecule has 0 atom stereocenters. The molecule has 4 aromatic heterocycles. The van der Waals surface area contributed by atoms with Crippen molar-refractivity contribution >= 4 is 29.0 Å². The molecule has 0 aliphatic rings. The highest BCUT2D eigenvalue weighted by Gasteiger charge is 2.31. The molecule has 0 saturated carbocycles. The second-order valence-corrected chi connectivity index (χ2v) is 8.01. The maximum atomic E-state index is 12.9. The number of nitrogens with zero attached hydrogens (tertiary/aromatic N) is 5. The number of halogens is 3. The third-order valence-electron chi connectivity index (χ3n) is 5.57. The molecule has 5 rings (SSSR count). The zero-order valence-electron chi connectivity index (χ0n) is 19.1. The molecule has 0 bridgehead atoms. The minimum absolute atomic E-state index is 0.120. The molecule has 0 unspecified atom stereocenters. The van der Waals surface area contributed by atoms with Crippen LogP contribution in [-0.2, 0) is 6.18 Å². The van der Waals surface area contributed by atoms with Gasteiger partial charge in [-0.2, -0.15) is 13.2 Å². The third kappa shape index (κ3) is 4.59. The fourth-order valence-electron chi connectivity index (χ4n) is 3.76. The summed E-state index contributed by atoms with van der Waals surface area (Å²) in [7, 11) is 0. The zero-order valence-corrected chi connectivity index (χ0v) is 19.1. The number of rotatable bonds is 5. The van der Waals surface area contributed by atoms with E-state index in [1.807, 2.05) is 0 Å². The van der Waals surface area contributed by atoms with E-state index in [4.69, 9.17) is 10.8 Å². The lowest BCUT2D eigenvalue weighted by Gasteiger charge is -2.09. The fourth-order valence-corrected chi connectivity index (χ4v) is 3.76. The molecule has 0 spiro atoms. The first-order valence-electron chi connectivity index (χ1n) is 10.9. The largest absolute Gasteiger partial charge is 0.477 e. The summed E-state index contributed by atoms with van der Waals surface area (Å²) in [5.41, 5.74) is 7.31. The van der Waals surface area contributed by atoms with Gasteiger partial charge >= 0.3 is 12.1 Å². The van der Waals surface area contributed by atoms with Gasteiger partial charge in [-0.15, -0.1) is 0 Å². The van der Waals surface area contributed by atoms with Gasteiger partial charge in [-0.3, -0.25) is 9.20 Å². The number of alkyl halides is 3. The monoisotopic (exact) mass is 519 g/mol. The number of amides is 1. The lowest BCUT2D eigenvalue weighted by Crippen LogP contribution is -2.14. The molecule has 13 heteroatoms. The molecular formula is C25H16F3N7O3. The van der Waals surface area contributed by atoms with E-state index in [0.717, 1.165) is 18.3 Å². The molecular weight excluding hydrogens is 503 g/mol. The molecule has 1 amide bonds. The van der Waals surface area contributed by atoms with Gasteiger partial charge in [-0.05, 0) is 36.4 Å². The molecule has 4 N–H and O–H groups in total. The Morgan fingerprint density at radius 2 is 1.68 bits per heavy atom. The average molecular weight is 519 g/mol. The van der Waals surface area contributed by atoms with E-state index in [1.54, 1.807) is 28.8 Å². The number of imidazole rings is 1. The highest BCUT2D eigenvalue weighted by molar-refractivity contribution is 6.04. The van der Waals surface area contributed by atoms with E-state index in [9.17, 15) is 22.8 Å². The summed E-state index contributed by atoms with van der Waals surface area (Å²) in [5, 5.41) is 11.5. The normalized spacial score (nSPS) is 11.4. The predicted molar refractivity (Wildman–Crippen MR) is 130 cm³/mol. The molecule has 0 saturated heterocycles. The van der Waals surface area contributed by atoms with Crippen molar-refractivity contribution in [3.8, 4) is 22.6 Å². The van der Waals surface area contributed by atoms with E-state index in [2.05, 4.69) is 25.3 Å². The number of carbonyl (C=O) groups excluding carboxylic acids is 1. The second-order valence-electron chi connectivity index (χ2n) is 8.01. The van der Waals surface area contributed by atoms with Gasteiger partial charge in [0.05, 0.1) is 5.56 Å². The Morgan fingerprint density at radius 1 is 0.947 bits per heavy atom. The minimum Gasteiger partial charge on any atom is -0.477 e. The Morgan fingerprint density at radius 3 is 2.34 bits per heavy atom. The van der Waals surface area contributed by atoms with Gasteiger partial charge in [-0.25, -0.2) is 24.7 Å². The van der Waals surface area contributed by atoms with E-state index in [0.29, 0.717) is 28.2 Å². The summed E-state index contributed by atoms with van der Waals surface area (Å²) in [6.45, 7) is 0. The number of carboxylic acid groups (broad SMARTS) is 1. The number of aromatic carboxylic acids is 1. The van der Waals surface area contributed by atoms with Crippen molar-refractivity contribution in [2.24, 2.45) is 0 Å². The van der Waals surface area contributed by atoms with Gasteiger partial charge in [-0.1, -0.05) is 12.1 Å². The summed E-state index contributed by atoms with van der Waals surface area (Å²) in [6.07, 6.45) is 0.916. The Labute approximate surface area is 211 Å². The van der Waals surface area contributed by atoms with Crippen LogP contribution in [0.5, 0.6) is 0 Å². The number of anilines is 2. The van der Waals surface area contributed by atoms with Crippen molar-refractivity contribution in [2.45, 2.75) is 6.18 Å².